The highest BCUT2D eigenvalue weighted by Crippen LogP contribution is 2.25. The molecule has 0 aromatic heterocycles. The van der Waals surface area contributed by atoms with Crippen LogP contribution in [0, 0.1) is 0 Å². The van der Waals surface area contributed by atoms with Crippen LogP contribution in [0.1, 0.15) is 31.7 Å². The van der Waals surface area contributed by atoms with Gasteiger partial charge in [-0.05, 0) is 31.4 Å². The van der Waals surface area contributed by atoms with Gasteiger partial charge in [0, 0.05) is 12.6 Å². The largest absolute Gasteiger partial charge is 0.391 e. The predicted molar refractivity (Wildman–Crippen MR) is 66.2 cm³/mol. The lowest BCUT2D eigenvalue weighted by molar-refractivity contribution is 0.0693. The van der Waals surface area contributed by atoms with E-state index in [9.17, 15) is 5.11 Å². The van der Waals surface area contributed by atoms with Gasteiger partial charge in [-0.15, -0.1) is 0 Å². The minimum absolute atomic E-state index is 0.122. The van der Waals surface area contributed by atoms with Crippen LogP contribution >= 0.6 is 0 Å². The minimum Gasteiger partial charge on any atom is -0.391 e. The fourth-order valence-corrected chi connectivity index (χ4v) is 2.63. The molecule has 0 heterocycles. The third-order valence-electron chi connectivity index (χ3n) is 3.55. The summed E-state index contributed by atoms with van der Waals surface area (Å²) < 4.78 is 0. The zero-order valence-corrected chi connectivity index (χ0v) is 9.97. The molecule has 0 bridgehead atoms. The standard InChI is InChI=1S/C14H21NO/c1-2-15(13-9-6-10-14(13)16)11-12-7-4-3-5-8-12/h3-5,7-8,13-14,16H,2,6,9-11H2,1H3/t13-,14-/m1/s1. The highest BCUT2D eigenvalue weighted by molar-refractivity contribution is 5.14. The van der Waals surface area contributed by atoms with Crippen molar-refractivity contribution in [1.82, 2.24) is 4.90 Å². The van der Waals surface area contributed by atoms with Crippen LogP contribution in [0.2, 0.25) is 0 Å². The van der Waals surface area contributed by atoms with E-state index in [0.29, 0.717) is 6.04 Å². The van der Waals surface area contributed by atoms with Gasteiger partial charge in [0.15, 0.2) is 0 Å². The van der Waals surface area contributed by atoms with Crippen molar-refractivity contribution in [3.05, 3.63) is 35.9 Å². The monoisotopic (exact) mass is 219 g/mol. The first-order chi connectivity index (χ1) is 7.81. The summed E-state index contributed by atoms with van der Waals surface area (Å²) in [5.41, 5.74) is 1.34. The van der Waals surface area contributed by atoms with Crippen molar-refractivity contribution < 1.29 is 5.11 Å². The van der Waals surface area contributed by atoms with Crippen LogP contribution in [-0.4, -0.2) is 28.7 Å². The SMILES string of the molecule is CCN(Cc1ccccc1)[C@@H]1CCC[C@H]1O. The maximum Gasteiger partial charge on any atom is 0.0695 e. The molecule has 1 saturated carbocycles. The van der Waals surface area contributed by atoms with Crippen molar-refractivity contribution in [3.8, 4) is 0 Å². The van der Waals surface area contributed by atoms with Crippen LogP contribution in [0.25, 0.3) is 0 Å². The molecule has 1 aliphatic rings. The quantitative estimate of drug-likeness (QED) is 0.840. The predicted octanol–water partition coefficient (Wildman–Crippen LogP) is 2.42. The number of rotatable bonds is 4. The van der Waals surface area contributed by atoms with Crippen molar-refractivity contribution >= 4 is 0 Å². The molecule has 1 aliphatic carbocycles. The number of aliphatic hydroxyl groups excluding tert-OH is 1. The number of hydrogen-bond donors (Lipinski definition) is 1. The molecule has 0 unspecified atom stereocenters. The second-order valence-corrected chi connectivity index (χ2v) is 4.61. The summed E-state index contributed by atoms with van der Waals surface area (Å²) in [5.74, 6) is 0. The Morgan fingerprint density at radius 1 is 1.25 bits per heavy atom. The van der Waals surface area contributed by atoms with Crippen molar-refractivity contribution in [1.29, 1.82) is 0 Å². The van der Waals surface area contributed by atoms with E-state index in [1.165, 1.54) is 5.56 Å². The van der Waals surface area contributed by atoms with Crippen molar-refractivity contribution in [3.63, 3.8) is 0 Å². The summed E-state index contributed by atoms with van der Waals surface area (Å²) >= 11 is 0. The Balaban J connectivity index is 2.00. The van der Waals surface area contributed by atoms with Gasteiger partial charge in [-0.25, -0.2) is 0 Å². The number of nitrogens with zero attached hydrogens (tertiary/aromatic N) is 1. The van der Waals surface area contributed by atoms with Gasteiger partial charge in [0.1, 0.15) is 0 Å². The summed E-state index contributed by atoms with van der Waals surface area (Å²) in [5, 5.41) is 9.93. The molecule has 2 nitrogen and oxygen atoms in total. The highest BCUT2D eigenvalue weighted by Gasteiger charge is 2.29. The lowest BCUT2D eigenvalue weighted by atomic mass is 10.1. The van der Waals surface area contributed by atoms with Gasteiger partial charge in [-0.1, -0.05) is 37.3 Å². The van der Waals surface area contributed by atoms with E-state index in [1.807, 2.05) is 6.07 Å². The molecule has 1 fully saturated rings. The molecule has 0 radical (unpaired) electrons. The molecular formula is C14H21NO. The molecule has 0 saturated heterocycles. The third-order valence-corrected chi connectivity index (χ3v) is 3.55. The lowest BCUT2D eigenvalue weighted by Crippen LogP contribution is -2.39. The molecule has 2 heteroatoms. The van der Waals surface area contributed by atoms with Gasteiger partial charge in [-0.3, -0.25) is 4.90 Å². The van der Waals surface area contributed by atoms with E-state index >= 15 is 0 Å². The normalized spacial score (nSPS) is 25.2. The van der Waals surface area contributed by atoms with Gasteiger partial charge in [-0.2, -0.15) is 0 Å². The molecule has 1 aromatic carbocycles. The smallest absolute Gasteiger partial charge is 0.0695 e. The average molecular weight is 219 g/mol. The van der Waals surface area contributed by atoms with E-state index in [4.69, 9.17) is 0 Å². The topological polar surface area (TPSA) is 23.5 Å². The first kappa shape index (κ1) is 11.6. The fraction of sp³-hybridized carbons (Fsp3) is 0.571. The molecule has 2 atom stereocenters. The van der Waals surface area contributed by atoms with Crippen molar-refractivity contribution in [2.45, 2.75) is 44.9 Å². The van der Waals surface area contributed by atoms with Gasteiger partial charge in [0.2, 0.25) is 0 Å². The van der Waals surface area contributed by atoms with E-state index in [0.717, 1.165) is 32.4 Å². The Kier molecular flexibility index (Phi) is 3.97. The molecule has 0 amide bonds. The summed E-state index contributed by atoms with van der Waals surface area (Å²) in [7, 11) is 0. The van der Waals surface area contributed by atoms with Crippen LogP contribution in [0.3, 0.4) is 0 Å². The van der Waals surface area contributed by atoms with Gasteiger partial charge < -0.3 is 5.11 Å². The highest BCUT2D eigenvalue weighted by atomic mass is 16.3. The fourth-order valence-electron chi connectivity index (χ4n) is 2.63. The van der Waals surface area contributed by atoms with Crippen LogP contribution in [0.15, 0.2) is 30.3 Å². The summed E-state index contributed by atoms with van der Waals surface area (Å²) in [6, 6.07) is 10.9. The van der Waals surface area contributed by atoms with E-state index in [2.05, 4.69) is 36.1 Å². The Hall–Kier alpha value is -0.860. The molecular weight excluding hydrogens is 198 g/mol. The van der Waals surface area contributed by atoms with Gasteiger partial charge >= 0.3 is 0 Å². The van der Waals surface area contributed by atoms with Crippen molar-refractivity contribution in [2.75, 3.05) is 6.54 Å². The zero-order chi connectivity index (χ0) is 11.4. The average Bonchev–Trinajstić information content (AvgIpc) is 2.74. The number of hydrogen-bond acceptors (Lipinski definition) is 2. The third kappa shape index (κ3) is 2.63. The molecule has 0 spiro atoms. The Morgan fingerprint density at radius 3 is 2.56 bits per heavy atom. The van der Waals surface area contributed by atoms with Gasteiger partial charge in [0.25, 0.3) is 0 Å². The maximum atomic E-state index is 9.93. The van der Waals surface area contributed by atoms with Crippen LogP contribution < -0.4 is 0 Å². The van der Waals surface area contributed by atoms with Gasteiger partial charge in [0.05, 0.1) is 6.10 Å². The minimum atomic E-state index is -0.122. The Morgan fingerprint density at radius 2 is 2.00 bits per heavy atom. The van der Waals surface area contributed by atoms with Crippen LogP contribution in [-0.2, 0) is 6.54 Å². The van der Waals surface area contributed by atoms with Crippen LogP contribution in [0.5, 0.6) is 0 Å². The first-order valence-corrected chi connectivity index (χ1v) is 6.27. The van der Waals surface area contributed by atoms with E-state index in [1.54, 1.807) is 0 Å². The Labute approximate surface area is 97.9 Å². The Bertz CT molecular complexity index is 312. The first-order valence-electron chi connectivity index (χ1n) is 6.27. The second kappa shape index (κ2) is 5.46. The summed E-state index contributed by atoms with van der Waals surface area (Å²) in [4.78, 5) is 2.40. The summed E-state index contributed by atoms with van der Waals surface area (Å²) in [6.45, 7) is 4.14. The number of likely N-dealkylation sites (N-methyl/N-ethyl adjacent to an activating group) is 1. The molecule has 2 rings (SSSR count). The summed E-state index contributed by atoms with van der Waals surface area (Å²) in [6.07, 6.45) is 3.15. The van der Waals surface area contributed by atoms with Crippen LogP contribution in [0.4, 0.5) is 0 Å². The molecule has 1 aromatic rings. The molecule has 0 aliphatic heterocycles. The molecule has 16 heavy (non-hydrogen) atoms. The number of aliphatic hydroxyl groups is 1. The molecule has 1 N–H and O–H groups in total. The van der Waals surface area contributed by atoms with E-state index in [-0.39, 0.29) is 6.10 Å². The van der Waals surface area contributed by atoms with Crippen molar-refractivity contribution in [2.24, 2.45) is 0 Å². The lowest BCUT2D eigenvalue weighted by Gasteiger charge is -2.29. The van der Waals surface area contributed by atoms with E-state index < -0.39 is 0 Å². The zero-order valence-electron chi connectivity index (χ0n) is 9.97. The number of benzene rings is 1. The maximum absolute atomic E-state index is 9.93. The second-order valence-electron chi connectivity index (χ2n) is 4.61. The molecule has 88 valence electrons.